The molecule has 2 saturated heterocycles. The lowest BCUT2D eigenvalue weighted by molar-refractivity contribution is -0.126. The van der Waals surface area contributed by atoms with Gasteiger partial charge in [-0.05, 0) is 44.9 Å². The van der Waals surface area contributed by atoms with Gasteiger partial charge >= 0.3 is 6.03 Å². The molecule has 0 aromatic carbocycles. The first-order chi connectivity index (χ1) is 11.7. The van der Waals surface area contributed by atoms with Crippen molar-refractivity contribution < 1.29 is 9.59 Å². The van der Waals surface area contributed by atoms with E-state index in [0.29, 0.717) is 19.1 Å². The van der Waals surface area contributed by atoms with Gasteiger partial charge < -0.3 is 20.4 Å². The number of carbonyl (C=O) groups is 2. The number of piperidine rings is 2. The van der Waals surface area contributed by atoms with Crippen molar-refractivity contribution in [1.29, 1.82) is 0 Å². The van der Waals surface area contributed by atoms with Gasteiger partial charge in [-0.3, -0.25) is 4.79 Å². The predicted octanol–water partition coefficient (Wildman–Crippen LogP) is 1.56. The maximum absolute atomic E-state index is 12.4. The largest absolute Gasteiger partial charge is 0.356 e. The highest BCUT2D eigenvalue weighted by atomic mass is 16.2. The van der Waals surface area contributed by atoms with Gasteiger partial charge in [0.25, 0.3) is 0 Å². The van der Waals surface area contributed by atoms with Crippen molar-refractivity contribution in [2.45, 2.75) is 64.0 Å². The van der Waals surface area contributed by atoms with Crippen LogP contribution in [0, 0.1) is 5.92 Å². The van der Waals surface area contributed by atoms with E-state index in [4.69, 9.17) is 0 Å². The van der Waals surface area contributed by atoms with E-state index < -0.39 is 0 Å². The lowest BCUT2D eigenvalue weighted by Crippen LogP contribution is -2.52. The van der Waals surface area contributed by atoms with Crippen LogP contribution in [-0.2, 0) is 4.79 Å². The molecule has 2 N–H and O–H groups in total. The molecule has 2 aliphatic heterocycles. The summed E-state index contributed by atoms with van der Waals surface area (Å²) in [6.07, 6.45) is 7.38. The van der Waals surface area contributed by atoms with Gasteiger partial charge in [0, 0.05) is 50.7 Å². The van der Waals surface area contributed by atoms with Crippen molar-refractivity contribution in [1.82, 2.24) is 20.4 Å². The van der Waals surface area contributed by atoms with E-state index in [1.165, 1.54) is 12.8 Å². The Morgan fingerprint density at radius 1 is 0.958 bits per heavy atom. The molecule has 136 valence electrons. The average molecular weight is 336 g/mol. The molecular weight excluding hydrogens is 304 g/mol. The molecular formula is C18H32N4O2. The van der Waals surface area contributed by atoms with Crippen molar-refractivity contribution in [3.05, 3.63) is 0 Å². The van der Waals surface area contributed by atoms with Gasteiger partial charge in [0.1, 0.15) is 0 Å². The minimum Gasteiger partial charge on any atom is -0.356 e. The number of rotatable bonds is 5. The van der Waals surface area contributed by atoms with Crippen LogP contribution in [0.5, 0.6) is 0 Å². The molecule has 3 rings (SSSR count). The van der Waals surface area contributed by atoms with Crippen molar-refractivity contribution in [3.63, 3.8) is 0 Å². The molecule has 1 aliphatic carbocycles. The Kier molecular flexibility index (Phi) is 5.98. The zero-order valence-corrected chi connectivity index (χ0v) is 14.9. The number of nitrogens with one attached hydrogen (secondary N) is 2. The summed E-state index contributed by atoms with van der Waals surface area (Å²) in [6.45, 7) is 6.43. The molecule has 0 radical (unpaired) electrons. The Morgan fingerprint density at radius 2 is 1.62 bits per heavy atom. The van der Waals surface area contributed by atoms with Gasteiger partial charge in [0.05, 0.1) is 0 Å². The van der Waals surface area contributed by atoms with Gasteiger partial charge in [-0.2, -0.15) is 0 Å². The topological polar surface area (TPSA) is 64.7 Å². The smallest absolute Gasteiger partial charge is 0.317 e. The minimum absolute atomic E-state index is 0.0623. The molecule has 0 atom stereocenters. The van der Waals surface area contributed by atoms with Gasteiger partial charge in [0.15, 0.2) is 0 Å². The number of amides is 3. The summed E-state index contributed by atoms with van der Waals surface area (Å²) < 4.78 is 0. The Hall–Kier alpha value is -1.30. The molecule has 3 aliphatic rings. The highest BCUT2D eigenvalue weighted by molar-refractivity contribution is 5.79. The third-order valence-electron chi connectivity index (χ3n) is 5.62. The van der Waals surface area contributed by atoms with E-state index in [2.05, 4.69) is 22.5 Å². The first-order valence-corrected chi connectivity index (χ1v) is 9.74. The molecule has 24 heavy (non-hydrogen) atoms. The van der Waals surface area contributed by atoms with Gasteiger partial charge in [-0.1, -0.05) is 6.92 Å². The van der Waals surface area contributed by atoms with E-state index in [-0.39, 0.29) is 17.9 Å². The number of likely N-dealkylation sites (tertiary alicyclic amines) is 2. The molecule has 2 heterocycles. The first-order valence-electron chi connectivity index (χ1n) is 9.74. The lowest BCUT2D eigenvalue weighted by atomic mass is 9.96. The van der Waals surface area contributed by atoms with Crippen molar-refractivity contribution in [2.75, 3.05) is 32.7 Å². The second-order valence-corrected chi connectivity index (χ2v) is 7.54. The summed E-state index contributed by atoms with van der Waals surface area (Å²) in [4.78, 5) is 28.9. The molecule has 6 heteroatoms. The fraction of sp³-hybridized carbons (Fsp3) is 0.889. The number of hydrogen-bond donors (Lipinski definition) is 2. The molecule has 0 spiro atoms. The molecule has 3 fully saturated rings. The lowest BCUT2D eigenvalue weighted by Gasteiger charge is -2.35. The SMILES string of the molecule is CCCNC(=O)C1CCN(C(=O)NC2CCN(C3CC3)CC2)CC1. The second kappa shape index (κ2) is 8.19. The summed E-state index contributed by atoms with van der Waals surface area (Å²) >= 11 is 0. The van der Waals surface area contributed by atoms with Crippen LogP contribution in [-0.4, -0.2) is 66.5 Å². The fourth-order valence-electron chi connectivity index (χ4n) is 3.85. The molecule has 1 saturated carbocycles. The van der Waals surface area contributed by atoms with Crippen LogP contribution >= 0.6 is 0 Å². The van der Waals surface area contributed by atoms with E-state index >= 15 is 0 Å². The third kappa shape index (κ3) is 4.62. The second-order valence-electron chi connectivity index (χ2n) is 7.54. The van der Waals surface area contributed by atoms with E-state index in [9.17, 15) is 9.59 Å². The van der Waals surface area contributed by atoms with Gasteiger partial charge in [-0.15, -0.1) is 0 Å². The summed E-state index contributed by atoms with van der Waals surface area (Å²) in [5, 5.41) is 6.17. The Balaban J connectivity index is 1.35. The standard InChI is InChI=1S/C18H32N4O2/c1-2-9-19-17(23)14-5-10-22(11-6-14)18(24)20-15-7-12-21(13-8-15)16-3-4-16/h14-16H,2-13H2,1H3,(H,19,23)(H,20,24). The highest BCUT2D eigenvalue weighted by Gasteiger charge is 2.33. The monoisotopic (exact) mass is 336 g/mol. The quantitative estimate of drug-likeness (QED) is 0.801. The summed E-state index contributed by atoms with van der Waals surface area (Å²) in [7, 11) is 0. The summed E-state index contributed by atoms with van der Waals surface area (Å²) in [6, 6.07) is 1.21. The zero-order valence-electron chi connectivity index (χ0n) is 14.9. The van der Waals surface area contributed by atoms with Crippen LogP contribution in [0.1, 0.15) is 51.9 Å². The molecule has 6 nitrogen and oxygen atoms in total. The van der Waals surface area contributed by atoms with Gasteiger partial charge in [-0.25, -0.2) is 4.79 Å². The van der Waals surface area contributed by atoms with Crippen LogP contribution in [0.3, 0.4) is 0 Å². The Morgan fingerprint density at radius 3 is 2.21 bits per heavy atom. The minimum atomic E-state index is 0.0623. The number of hydrogen-bond acceptors (Lipinski definition) is 3. The normalized spacial score (nSPS) is 24.0. The van der Waals surface area contributed by atoms with Crippen LogP contribution in [0.2, 0.25) is 0 Å². The van der Waals surface area contributed by atoms with E-state index in [1.54, 1.807) is 0 Å². The van der Waals surface area contributed by atoms with Crippen molar-refractivity contribution in [2.24, 2.45) is 5.92 Å². The molecule has 0 aromatic rings. The average Bonchev–Trinajstić information content (AvgIpc) is 3.45. The van der Waals surface area contributed by atoms with Crippen LogP contribution in [0.15, 0.2) is 0 Å². The number of nitrogens with zero attached hydrogens (tertiary/aromatic N) is 2. The van der Waals surface area contributed by atoms with E-state index in [1.807, 2.05) is 4.90 Å². The van der Waals surface area contributed by atoms with Crippen LogP contribution in [0.25, 0.3) is 0 Å². The predicted molar refractivity (Wildman–Crippen MR) is 93.7 cm³/mol. The third-order valence-corrected chi connectivity index (χ3v) is 5.62. The molecule has 0 bridgehead atoms. The maximum atomic E-state index is 12.4. The first kappa shape index (κ1) is 17.5. The van der Waals surface area contributed by atoms with E-state index in [0.717, 1.165) is 57.8 Å². The van der Waals surface area contributed by atoms with Gasteiger partial charge in [0.2, 0.25) is 5.91 Å². The van der Waals surface area contributed by atoms with Crippen molar-refractivity contribution in [3.8, 4) is 0 Å². The number of carbonyl (C=O) groups excluding carboxylic acids is 2. The molecule has 3 amide bonds. The summed E-state index contributed by atoms with van der Waals surface area (Å²) in [5.74, 6) is 0.228. The number of urea groups is 1. The maximum Gasteiger partial charge on any atom is 0.317 e. The van der Waals surface area contributed by atoms with Crippen molar-refractivity contribution >= 4 is 11.9 Å². The molecule has 0 unspecified atom stereocenters. The van der Waals surface area contributed by atoms with Crippen LogP contribution < -0.4 is 10.6 Å². The Bertz CT molecular complexity index is 436. The highest BCUT2D eigenvalue weighted by Crippen LogP contribution is 2.29. The van der Waals surface area contributed by atoms with Crippen LogP contribution in [0.4, 0.5) is 4.79 Å². The Labute approximate surface area is 145 Å². The summed E-state index contributed by atoms with van der Waals surface area (Å²) in [5.41, 5.74) is 0. The molecule has 0 aromatic heterocycles. The zero-order chi connectivity index (χ0) is 16.9. The fourth-order valence-corrected chi connectivity index (χ4v) is 3.85.